The molecule has 0 aromatic carbocycles. The highest BCUT2D eigenvalue weighted by molar-refractivity contribution is 5.04. The van der Waals surface area contributed by atoms with Gasteiger partial charge in [0.1, 0.15) is 0 Å². The standard InChI is InChI=1S/C15H29N3.C2H6/c1-3-6-17-7-4-14(5-8-17)9-18-12-15(13-18)10-16(2)11-15;1-2/h14H,3-13H2,1-2H3;1-2H3. The summed E-state index contributed by atoms with van der Waals surface area (Å²) in [6.45, 7) is 17.1. The molecular weight excluding hydrogens is 246 g/mol. The summed E-state index contributed by atoms with van der Waals surface area (Å²) in [4.78, 5) is 7.82. The summed E-state index contributed by atoms with van der Waals surface area (Å²) in [5.41, 5.74) is 0.720. The van der Waals surface area contributed by atoms with Gasteiger partial charge in [0, 0.05) is 38.1 Å². The highest BCUT2D eigenvalue weighted by Gasteiger charge is 2.50. The normalized spacial score (nSPS) is 27.6. The van der Waals surface area contributed by atoms with Crippen LogP contribution >= 0.6 is 0 Å². The first kappa shape index (κ1) is 16.3. The summed E-state index contributed by atoms with van der Waals surface area (Å²) in [5, 5.41) is 0. The Morgan fingerprint density at radius 1 is 0.950 bits per heavy atom. The van der Waals surface area contributed by atoms with Gasteiger partial charge in [-0.15, -0.1) is 0 Å². The van der Waals surface area contributed by atoms with Crippen molar-refractivity contribution < 1.29 is 0 Å². The molecule has 0 saturated carbocycles. The maximum atomic E-state index is 2.72. The van der Waals surface area contributed by atoms with E-state index in [-0.39, 0.29) is 0 Å². The molecular formula is C17H35N3. The van der Waals surface area contributed by atoms with E-state index in [0.29, 0.717) is 0 Å². The van der Waals surface area contributed by atoms with Crippen molar-refractivity contribution in [2.45, 2.75) is 40.0 Å². The third-order valence-electron chi connectivity index (χ3n) is 5.09. The Bertz CT molecular complexity index is 270. The molecule has 3 saturated heterocycles. The van der Waals surface area contributed by atoms with Gasteiger partial charge in [0.2, 0.25) is 0 Å². The van der Waals surface area contributed by atoms with E-state index >= 15 is 0 Å². The number of likely N-dealkylation sites (tertiary alicyclic amines) is 3. The zero-order valence-electron chi connectivity index (χ0n) is 14.2. The number of rotatable bonds is 4. The second-order valence-corrected chi connectivity index (χ2v) is 7.13. The van der Waals surface area contributed by atoms with Crippen molar-refractivity contribution in [3.05, 3.63) is 0 Å². The van der Waals surface area contributed by atoms with Crippen molar-refractivity contribution in [1.29, 1.82) is 0 Å². The molecule has 0 aromatic rings. The van der Waals surface area contributed by atoms with Crippen molar-refractivity contribution >= 4 is 0 Å². The molecule has 3 heterocycles. The number of nitrogens with zero attached hydrogens (tertiary/aromatic N) is 3. The average Bonchev–Trinajstić information content (AvgIpc) is 2.39. The fourth-order valence-electron chi connectivity index (χ4n) is 4.40. The number of hydrogen-bond donors (Lipinski definition) is 0. The molecule has 0 aromatic heterocycles. The molecule has 118 valence electrons. The minimum Gasteiger partial charge on any atom is -0.305 e. The van der Waals surface area contributed by atoms with Crippen molar-refractivity contribution in [3.63, 3.8) is 0 Å². The summed E-state index contributed by atoms with van der Waals surface area (Å²) in [6.07, 6.45) is 4.18. The predicted octanol–water partition coefficient (Wildman–Crippen LogP) is 2.38. The third kappa shape index (κ3) is 3.75. The van der Waals surface area contributed by atoms with Crippen LogP contribution in [0.5, 0.6) is 0 Å². The lowest BCUT2D eigenvalue weighted by Crippen LogP contribution is -2.71. The van der Waals surface area contributed by atoms with E-state index in [0.717, 1.165) is 11.3 Å². The Morgan fingerprint density at radius 2 is 1.55 bits per heavy atom. The molecule has 0 aliphatic carbocycles. The predicted molar refractivity (Wildman–Crippen MR) is 87.2 cm³/mol. The van der Waals surface area contributed by atoms with E-state index in [4.69, 9.17) is 0 Å². The summed E-state index contributed by atoms with van der Waals surface area (Å²) >= 11 is 0. The molecule has 0 radical (unpaired) electrons. The molecule has 0 amide bonds. The van der Waals surface area contributed by atoms with Gasteiger partial charge >= 0.3 is 0 Å². The molecule has 3 rings (SSSR count). The van der Waals surface area contributed by atoms with Gasteiger partial charge in [0.05, 0.1) is 0 Å². The first-order valence-corrected chi connectivity index (χ1v) is 8.82. The van der Waals surface area contributed by atoms with Crippen LogP contribution in [-0.2, 0) is 0 Å². The van der Waals surface area contributed by atoms with E-state index in [1.807, 2.05) is 13.8 Å². The van der Waals surface area contributed by atoms with Gasteiger partial charge in [-0.2, -0.15) is 0 Å². The van der Waals surface area contributed by atoms with Gasteiger partial charge in [-0.25, -0.2) is 0 Å². The average molecular weight is 281 g/mol. The second kappa shape index (κ2) is 7.24. The van der Waals surface area contributed by atoms with E-state index in [1.54, 1.807) is 0 Å². The lowest BCUT2D eigenvalue weighted by molar-refractivity contribution is -0.110. The van der Waals surface area contributed by atoms with Gasteiger partial charge in [0.25, 0.3) is 0 Å². The van der Waals surface area contributed by atoms with Crippen molar-refractivity contribution in [2.24, 2.45) is 11.3 Å². The van der Waals surface area contributed by atoms with E-state index in [2.05, 4.69) is 28.7 Å². The van der Waals surface area contributed by atoms with Gasteiger partial charge in [-0.3, -0.25) is 0 Å². The highest BCUT2D eigenvalue weighted by atomic mass is 15.3. The Balaban J connectivity index is 0.000000704. The summed E-state index contributed by atoms with van der Waals surface area (Å²) in [5.74, 6) is 0.980. The Kier molecular flexibility index (Phi) is 5.88. The number of piperidine rings is 1. The number of hydrogen-bond acceptors (Lipinski definition) is 3. The molecule has 0 unspecified atom stereocenters. The lowest BCUT2D eigenvalue weighted by atomic mass is 9.72. The van der Waals surface area contributed by atoms with Crippen LogP contribution in [0.3, 0.4) is 0 Å². The quantitative estimate of drug-likeness (QED) is 0.783. The highest BCUT2D eigenvalue weighted by Crippen LogP contribution is 2.39. The maximum absolute atomic E-state index is 2.72. The first-order valence-electron chi connectivity index (χ1n) is 8.82. The lowest BCUT2D eigenvalue weighted by Gasteiger charge is -2.60. The van der Waals surface area contributed by atoms with Gasteiger partial charge in [0.15, 0.2) is 0 Å². The molecule has 1 spiro atoms. The Labute approximate surface area is 126 Å². The minimum atomic E-state index is 0.720. The maximum Gasteiger partial charge on any atom is 0.0212 e. The minimum absolute atomic E-state index is 0.720. The van der Waals surface area contributed by atoms with E-state index in [9.17, 15) is 0 Å². The molecule has 0 atom stereocenters. The summed E-state index contributed by atoms with van der Waals surface area (Å²) < 4.78 is 0. The Hall–Kier alpha value is -0.120. The fraction of sp³-hybridized carbons (Fsp3) is 1.00. The van der Waals surface area contributed by atoms with Crippen molar-refractivity contribution in [1.82, 2.24) is 14.7 Å². The zero-order valence-corrected chi connectivity index (χ0v) is 14.2. The molecule has 0 N–H and O–H groups in total. The van der Waals surface area contributed by atoms with Crippen LogP contribution in [0.2, 0.25) is 0 Å². The third-order valence-corrected chi connectivity index (χ3v) is 5.09. The van der Waals surface area contributed by atoms with Gasteiger partial charge in [-0.05, 0) is 51.9 Å². The van der Waals surface area contributed by atoms with Crippen LogP contribution in [0.25, 0.3) is 0 Å². The molecule has 3 aliphatic heterocycles. The smallest absolute Gasteiger partial charge is 0.0212 e. The van der Waals surface area contributed by atoms with Crippen LogP contribution in [0.1, 0.15) is 40.0 Å². The summed E-state index contributed by atoms with van der Waals surface area (Å²) in [6, 6.07) is 0. The SMILES string of the molecule is CC.CCCN1CCC(CN2CC3(CN(C)C3)C2)CC1. The Morgan fingerprint density at radius 3 is 2.05 bits per heavy atom. The zero-order chi connectivity index (χ0) is 14.6. The van der Waals surface area contributed by atoms with Crippen molar-refractivity contribution in [3.8, 4) is 0 Å². The van der Waals surface area contributed by atoms with Crippen LogP contribution in [-0.4, -0.2) is 74.1 Å². The van der Waals surface area contributed by atoms with Crippen LogP contribution in [0.4, 0.5) is 0 Å². The van der Waals surface area contributed by atoms with E-state index in [1.165, 1.54) is 71.6 Å². The monoisotopic (exact) mass is 281 g/mol. The molecule has 3 nitrogen and oxygen atoms in total. The van der Waals surface area contributed by atoms with Gasteiger partial charge < -0.3 is 14.7 Å². The van der Waals surface area contributed by atoms with E-state index < -0.39 is 0 Å². The van der Waals surface area contributed by atoms with Crippen LogP contribution in [0, 0.1) is 11.3 Å². The van der Waals surface area contributed by atoms with Crippen LogP contribution < -0.4 is 0 Å². The van der Waals surface area contributed by atoms with Crippen LogP contribution in [0.15, 0.2) is 0 Å². The fourth-order valence-corrected chi connectivity index (χ4v) is 4.40. The topological polar surface area (TPSA) is 9.72 Å². The molecule has 0 bridgehead atoms. The second-order valence-electron chi connectivity index (χ2n) is 7.13. The van der Waals surface area contributed by atoms with Gasteiger partial charge in [-0.1, -0.05) is 20.8 Å². The molecule has 20 heavy (non-hydrogen) atoms. The molecule has 3 aliphatic rings. The summed E-state index contributed by atoms with van der Waals surface area (Å²) in [7, 11) is 2.25. The van der Waals surface area contributed by atoms with Crippen molar-refractivity contribution in [2.75, 3.05) is 59.4 Å². The first-order chi connectivity index (χ1) is 9.69. The molecule has 3 heteroatoms. The largest absolute Gasteiger partial charge is 0.305 e. The molecule has 3 fully saturated rings.